The lowest BCUT2D eigenvalue weighted by atomic mass is 9.87. The van der Waals surface area contributed by atoms with E-state index in [1.54, 1.807) is 13.8 Å². The predicted molar refractivity (Wildman–Crippen MR) is 108 cm³/mol. The van der Waals surface area contributed by atoms with Crippen molar-refractivity contribution in [3.63, 3.8) is 0 Å². The number of unbranched alkanes of at least 4 members (excludes halogenated alkanes) is 3. The molecule has 0 radical (unpaired) electrons. The quantitative estimate of drug-likeness (QED) is 0.344. The summed E-state index contributed by atoms with van der Waals surface area (Å²) in [4.78, 5) is 21.6. The van der Waals surface area contributed by atoms with Crippen LogP contribution in [0.1, 0.15) is 82.8 Å². The number of aryl methyl sites for hydroxylation is 2. The molecule has 1 aromatic rings. The Labute approximate surface area is 168 Å². The molecule has 28 heavy (non-hydrogen) atoms. The van der Waals surface area contributed by atoms with E-state index in [1.807, 2.05) is 12.1 Å². The van der Waals surface area contributed by atoms with Gasteiger partial charge in [0.1, 0.15) is 11.4 Å². The van der Waals surface area contributed by atoms with Gasteiger partial charge in [-0.2, -0.15) is 0 Å². The molecule has 0 spiro atoms. The Hall–Kier alpha value is -2.04. The molecule has 5 nitrogen and oxygen atoms in total. The minimum Gasteiger partial charge on any atom is -0.508 e. The second kappa shape index (κ2) is 9.94. The summed E-state index contributed by atoms with van der Waals surface area (Å²) >= 11 is 0. The van der Waals surface area contributed by atoms with E-state index in [-0.39, 0.29) is 5.60 Å². The van der Waals surface area contributed by atoms with Gasteiger partial charge in [-0.1, -0.05) is 25.0 Å². The van der Waals surface area contributed by atoms with E-state index in [1.165, 1.54) is 0 Å². The van der Waals surface area contributed by atoms with Gasteiger partial charge in [0.2, 0.25) is 0 Å². The van der Waals surface area contributed by atoms with E-state index in [0.29, 0.717) is 18.6 Å². The summed E-state index contributed by atoms with van der Waals surface area (Å²) in [7, 11) is 0. The largest absolute Gasteiger partial charge is 0.508 e. The van der Waals surface area contributed by atoms with Crippen molar-refractivity contribution >= 4 is 12.4 Å². The van der Waals surface area contributed by atoms with Crippen molar-refractivity contribution < 1.29 is 24.5 Å². The van der Waals surface area contributed by atoms with Gasteiger partial charge in [0.05, 0.1) is 5.41 Å². The summed E-state index contributed by atoms with van der Waals surface area (Å²) in [5.41, 5.74) is 1.24. The van der Waals surface area contributed by atoms with Crippen molar-refractivity contribution in [3.05, 3.63) is 29.3 Å². The second-order valence-electron chi connectivity index (χ2n) is 8.82. The maximum atomic E-state index is 11.1. The molecule has 0 saturated heterocycles. The number of benzene rings is 1. The molecule has 0 aromatic heterocycles. The fourth-order valence-corrected chi connectivity index (χ4v) is 3.59. The molecule has 0 unspecified atom stereocenters. The Morgan fingerprint density at radius 3 is 2.46 bits per heavy atom. The van der Waals surface area contributed by atoms with Gasteiger partial charge < -0.3 is 14.9 Å². The lowest BCUT2D eigenvalue weighted by molar-refractivity contribution is -0.147. The van der Waals surface area contributed by atoms with Crippen LogP contribution in [0.5, 0.6) is 5.75 Å². The summed E-state index contributed by atoms with van der Waals surface area (Å²) in [6.07, 6.45) is 10.1. The van der Waals surface area contributed by atoms with Gasteiger partial charge in [-0.25, -0.2) is 0 Å². The number of carbonyl (C=O) groups is 2. The molecule has 1 aliphatic rings. The maximum Gasteiger partial charge on any atom is 0.309 e. The van der Waals surface area contributed by atoms with Crippen molar-refractivity contribution in [2.24, 2.45) is 5.41 Å². The summed E-state index contributed by atoms with van der Waals surface area (Å²) < 4.78 is 5.16. The zero-order valence-corrected chi connectivity index (χ0v) is 17.2. The van der Waals surface area contributed by atoms with Crippen LogP contribution in [0.4, 0.5) is 0 Å². The van der Waals surface area contributed by atoms with E-state index in [2.05, 4.69) is 6.07 Å². The maximum absolute atomic E-state index is 11.1. The molecule has 2 rings (SSSR count). The molecular weight excluding hydrogens is 356 g/mol. The monoisotopic (exact) mass is 390 g/mol. The number of ether oxygens (including phenoxy) is 1. The molecule has 0 atom stereocenters. The van der Waals surface area contributed by atoms with Crippen molar-refractivity contribution in [3.8, 4) is 5.75 Å². The number of rotatable bonds is 14. The topological polar surface area (TPSA) is 83.8 Å². The van der Waals surface area contributed by atoms with Gasteiger partial charge in [0.25, 0.3) is 6.47 Å². The zero-order chi connectivity index (χ0) is 20.6. The minimum atomic E-state index is -0.739. The van der Waals surface area contributed by atoms with E-state index in [0.717, 1.165) is 75.3 Å². The molecule has 1 saturated carbocycles. The van der Waals surface area contributed by atoms with E-state index in [9.17, 15) is 14.7 Å². The zero-order valence-electron chi connectivity index (χ0n) is 17.2. The molecule has 1 fully saturated rings. The third kappa shape index (κ3) is 6.84. The minimum absolute atomic E-state index is 0.187. The van der Waals surface area contributed by atoms with Gasteiger partial charge >= 0.3 is 5.97 Å². The van der Waals surface area contributed by atoms with Crippen LogP contribution in [0.25, 0.3) is 0 Å². The lowest BCUT2D eigenvalue weighted by Crippen LogP contribution is -2.23. The molecule has 0 aliphatic heterocycles. The Bertz CT molecular complexity index is 661. The molecule has 1 aromatic carbocycles. The highest BCUT2D eigenvalue weighted by molar-refractivity contribution is 5.73. The fraction of sp³-hybridized carbons (Fsp3) is 0.652. The first-order valence-electron chi connectivity index (χ1n) is 10.4. The number of hydrogen-bond donors (Lipinski definition) is 2. The number of aromatic hydroxyl groups is 1. The second-order valence-corrected chi connectivity index (χ2v) is 8.82. The standard InChI is InChI=1S/C23H34O5/c1-22(2,21(26)27)12-6-3-4-8-18-10-11-19(20(25)16-18)9-5-7-13-23(14-15-23)28-17-24/h10-11,16-17,25H,3-9,12-15H2,1-2H3,(H,26,27). The number of phenols is 1. The van der Waals surface area contributed by atoms with E-state index in [4.69, 9.17) is 9.84 Å². The van der Waals surface area contributed by atoms with Crippen LogP contribution in [0, 0.1) is 5.41 Å². The van der Waals surface area contributed by atoms with Crippen LogP contribution in [0.3, 0.4) is 0 Å². The van der Waals surface area contributed by atoms with Gasteiger partial charge in [-0.15, -0.1) is 0 Å². The third-order valence-electron chi connectivity index (χ3n) is 5.93. The van der Waals surface area contributed by atoms with Crippen molar-refractivity contribution in [2.45, 2.75) is 90.1 Å². The van der Waals surface area contributed by atoms with Crippen LogP contribution >= 0.6 is 0 Å². The summed E-state index contributed by atoms with van der Waals surface area (Å²) in [6.45, 7) is 4.10. The molecule has 1 aliphatic carbocycles. The SMILES string of the molecule is CC(C)(CCCCCc1ccc(CCCCC2(OC=O)CC2)c(O)c1)C(=O)O. The molecule has 5 heteroatoms. The van der Waals surface area contributed by atoms with Crippen LogP contribution in [0.2, 0.25) is 0 Å². The van der Waals surface area contributed by atoms with Gasteiger partial charge in [-0.3, -0.25) is 9.59 Å². The van der Waals surface area contributed by atoms with Crippen molar-refractivity contribution in [1.29, 1.82) is 0 Å². The Morgan fingerprint density at radius 2 is 1.86 bits per heavy atom. The average molecular weight is 391 g/mol. The lowest BCUT2D eigenvalue weighted by Gasteiger charge is -2.18. The number of hydrogen-bond acceptors (Lipinski definition) is 4. The number of phenolic OH excluding ortho intramolecular Hbond substituents is 1. The highest BCUT2D eigenvalue weighted by atomic mass is 16.5. The first kappa shape index (κ1) is 22.3. The Morgan fingerprint density at radius 1 is 1.14 bits per heavy atom. The first-order chi connectivity index (χ1) is 13.3. The highest BCUT2D eigenvalue weighted by Gasteiger charge is 2.44. The molecule has 0 bridgehead atoms. The van der Waals surface area contributed by atoms with Gasteiger partial charge in [0, 0.05) is 0 Å². The molecule has 0 amide bonds. The summed E-state index contributed by atoms with van der Waals surface area (Å²) in [5, 5.41) is 19.4. The van der Waals surface area contributed by atoms with E-state index < -0.39 is 11.4 Å². The summed E-state index contributed by atoms with van der Waals surface area (Å²) in [6, 6.07) is 5.94. The van der Waals surface area contributed by atoms with Crippen LogP contribution in [-0.4, -0.2) is 28.3 Å². The normalized spacial score (nSPS) is 15.2. The van der Waals surface area contributed by atoms with Crippen LogP contribution in [0.15, 0.2) is 18.2 Å². The Kier molecular flexibility index (Phi) is 7.90. The smallest absolute Gasteiger partial charge is 0.309 e. The number of carboxylic acid groups (broad SMARTS) is 1. The fourth-order valence-electron chi connectivity index (χ4n) is 3.59. The van der Waals surface area contributed by atoms with E-state index >= 15 is 0 Å². The van der Waals surface area contributed by atoms with Crippen molar-refractivity contribution in [1.82, 2.24) is 0 Å². The van der Waals surface area contributed by atoms with Crippen LogP contribution in [-0.2, 0) is 27.2 Å². The van der Waals surface area contributed by atoms with Crippen LogP contribution < -0.4 is 0 Å². The number of carbonyl (C=O) groups excluding carboxylic acids is 1. The predicted octanol–water partition coefficient (Wildman–Crippen LogP) is 5.02. The first-order valence-corrected chi connectivity index (χ1v) is 10.4. The summed E-state index contributed by atoms with van der Waals surface area (Å²) in [5.74, 6) is -0.383. The Balaban J connectivity index is 1.66. The third-order valence-corrected chi connectivity index (χ3v) is 5.93. The van der Waals surface area contributed by atoms with Crippen molar-refractivity contribution in [2.75, 3.05) is 0 Å². The van der Waals surface area contributed by atoms with Gasteiger partial charge in [0.15, 0.2) is 0 Å². The number of carboxylic acids is 1. The molecule has 0 heterocycles. The molecular formula is C23H34O5. The average Bonchev–Trinajstić information content (AvgIpc) is 3.39. The molecule has 2 N–H and O–H groups in total. The number of aliphatic carboxylic acids is 1. The highest BCUT2D eigenvalue weighted by Crippen LogP contribution is 2.43. The molecule has 156 valence electrons. The van der Waals surface area contributed by atoms with Gasteiger partial charge in [-0.05, 0) is 88.8 Å².